The molecule has 180 valence electrons. The van der Waals surface area contributed by atoms with E-state index in [2.05, 4.69) is 67.0 Å². The van der Waals surface area contributed by atoms with Crippen molar-refractivity contribution in [2.24, 2.45) is 0 Å². The average molecular weight is 462 g/mol. The minimum absolute atomic E-state index is 0.0318. The summed E-state index contributed by atoms with van der Waals surface area (Å²) in [5.41, 5.74) is 3.75. The molecule has 1 aliphatic heterocycles. The summed E-state index contributed by atoms with van der Waals surface area (Å²) < 4.78 is 11.3. The molecule has 2 aromatic carbocycles. The lowest BCUT2D eigenvalue weighted by Gasteiger charge is -2.35. The zero-order chi connectivity index (χ0) is 24.1. The number of methoxy groups -OCH3 is 1. The first kappa shape index (κ1) is 23.9. The smallest absolute Gasteiger partial charge is 0.289 e. The van der Waals surface area contributed by atoms with Crippen molar-refractivity contribution in [1.82, 2.24) is 9.80 Å². The number of ether oxygens (including phenoxy) is 1. The van der Waals surface area contributed by atoms with Gasteiger partial charge >= 0.3 is 0 Å². The van der Waals surface area contributed by atoms with E-state index in [1.54, 1.807) is 7.11 Å². The highest BCUT2D eigenvalue weighted by atomic mass is 16.5. The predicted molar refractivity (Wildman–Crippen MR) is 135 cm³/mol. The van der Waals surface area contributed by atoms with Crippen LogP contribution in [0.3, 0.4) is 0 Å². The van der Waals surface area contributed by atoms with E-state index in [-0.39, 0.29) is 5.91 Å². The molecule has 0 radical (unpaired) electrons. The summed E-state index contributed by atoms with van der Waals surface area (Å²) in [7, 11) is 1.67. The van der Waals surface area contributed by atoms with Gasteiger partial charge in [0.15, 0.2) is 5.76 Å². The molecule has 0 bridgehead atoms. The maximum absolute atomic E-state index is 13.1. The number of anilines is 1. The summed E-state index contributed by atoms with van der Waals surface area (Å²) in [6.45, 7) is 11.0. The van der Waals surface area contributed by atoms with E-state index in [1.807, 2.05) is 29.2 Å². The van der Waals surface area contributed by atoms with Crippen LogP contribution in [0.15, 0.2) is 65.1 Å². The summed E-state index contributed by atoms with van der Waals surface area (Å²) in [6.07, 6.45) is 0. The van der Waals surface area contributed by atoms with Crippen molar-refractivity contribution >= 4 is 11.6 Å². The molecule has 34 heavy (non-hydrogen) atoms. The van der Waals surface area contributed by atoms with Crippen molar-refractivity contribution in [2.75, 3.05) is 38.2 Å². The maximum Gasteiger partial charge on any atom is 0.289 e. The Morgan fingerprint density at radius 3 is 2.32 bits per heavy atom. The lowest BCUT2D eigenvalue weighted by molar-refractivity contribution is 0.0709. The van der Waals surface area contributed by atoms with Gasteiger partial charge in [0.2, 0.25) is 0 Å². The largest absolute Gasteiger partial charge is 0.497 e. The molecule has 1 saturated heterocycles. The van der Waals surface area contributed by atoms with Crippen molar-refractivity contribution in [2.45, 2.75) is 39.9 Å². The lowest BCUT2D eigenvalue weighted by atomic mass is 10.1. The Bertz CT molecular complexity index is 1080. The van der Waals surface area contributed by atoms with Crippen LogP contribution in [0.1, 0.15) is 41.3 Å². The van der Waals surface area contributed by atoms with Gasteiger partial charge in [-0.2, -0.15) is 0 Å². The molecule has 6 nitrogen and oxygen atoms in total. The SMILES string of the molecule is COc1ccc(N2CCN(C(=O)c3ccc(CN(Cc4ccccc4C)C(C)C)o3)CC2)cc1. The third-order valence-corrected chi connectivity index (χ3v) is 6.60. The predicted octanol–water partition coefficient (Wildman–Crippen LogP) is 4.97. The van der Waals surface area contributed by atoms with Crippen LogP contribution in [0.25, 0.3) is 0 Å². The molecule has 1 amide bonds. The molecule has 0 aliphatic carbocycles. The van der Waals surface area contributed by atoms with Gasteiger partial charge in [0.05, 0.1) is 13.7 Å². The molecule has 1 aromatic heterocycles. The van der Waals surface area contributed by atoms with Crippen LogP contribution >= 0.6 is 0 Å². The van der Waals surface area contributed by atoms with Crippen molar-refractivity contribution in [3.63, 3.8) is 0 Å². The van der Waals surface area contributed by atoms with Crippen molar-refractivity contribution in [3.8, 4) is 5.75 Å². The second-order valence-corrected chi connectivity index (χ2v) is 9.17. The molecule has 6 heteroatoms. The Kier molecular flexibility index (Phi) is 7.58. The number of amides is 1. The molecule has 0 atom stereocenters. The number of carbonyl (C=O) groups excluding carboxylic acids is 1. The summed E-state index contributed by atoms with van der Waals surface area (Å²) in [5.74, 6) is 2.06. The first-order valence-electron chi connectivity index (χ1n) is 12.0. The molecule has 1 fully saturated rings. The van der Waals surface area contributed by atoms with E-state index in [4.69, 9.17) is 9.15 Å². The van der Waals surface area contributed by atoms with Crippen molar-refractivity contribution < 1.29 is 13.9 Å². The Morgan fingerprint density at radius 1 is 0.971 bits per heavy atom. The number of piperazine rings is 1. The van der Waals surface area contributed by atoms with E-state index < -0.39 is 0 Å². The van der Waals surface area contributed by atoms with E-state index in [9.17, 15) is 4.79 Å². The van der Waals surface area contributed by atoms with Crippen LogP contribution in [-0.2, 0) is 13.1 Å². The zero-order valence-electron chi connectivity index (χ0n) is 20.7. The number of carbonyl (C=O) groups is 1. The highest BCUT2D eigenvalue weighted by Crippen LogP contribution is 2.22. The van der Waals surface area contributed by atoms with E-state index in [1.165, 1.54) is 11.1 Å². The fourth-order valence-corrected chi connectivity index (χ4v) is 4.32. The highest BCUT2D eigenvalue weighted by molar-refractivity contribution is 5.91. The minimum Gasteiger partial charge on any atom is -0.497 e. The highest BCUT2D eigenvalue weighted by Gasteiger charge is 2.25. The van der Waals surface area contributed by atoms with Gasteiger partial charge in [-0.1, -0.05) is 24.3 Å². The van der Waals surface area contributed by atoms with Gasteiger partial charge in [-0.05, 0) is 68.3 Å². The molecule has 4 rings (SSSR count). The second-order valence-electron chi connectivity index (χ2n) is 9.17. The lowest BCUT2D eigenvalue weighted by Crippen LogP contribution is -2.48. The Morgan fingerprint density at radius 2 is 1.68 bits per heavy atom. The number of aryl methyl sites for hydroxylation is 1. The molecular weight excluding hydrogens is 426 g/mol. The van der Waals surface area contributed by atoms with Crippen LogP contribution in [-0.4, -0.2) is 55.0 Å². The average Bonchev–Trinajstić information content (AvgIpc) is 3.33. The van der Waals surface area contributed by atoms with Gasteiger partial charge in [-0.3, -0.25) is 9.69 Å². The summed E-state index contributed by atoms with van der Waals surface area (Å²) in [4.78, 5) is 19.6. The van der Waals surface area contributed by atoms with Gasteiger partial charge < -0.3 is 19.0 Å². The number of hydrogen-bond acceptors (Lipinski definition) is 5. The topological polar surface area (TPSA) is 49.2 Å². The molecule has 0 unspecified atom stereocenters. The van der Waals surface area contributed by atoms with Gasteiger partial charge in [-0.15, -0.1) is 0 Å². The van der Waals surface area contributed by atoms with Gasteiger partial charge in [0.25, 0.3) is 5.91 Å². The number of furan rings is 1. The van der Waals surface area contributed by atoms with Gasteiger partial charge in [-0.25, -0.2) is 0 Å². The van der Waals surface area contributed by atoms with Crippen LogP contribution < -0.4 is 9.64 Å². The number of rotatable bonds is 8. The van der Waals surface area contributed by atoms with E-state index >= 15 is 0 Å². The normalized spacial score (nSPS) is 14.2. The Balaban J connectivity index is 1.35. The third kappa shape index (κ3) is 5.62. The van der Waals surface area contributed by atoms with Gasteiger partial charge in [0.1, 0.15) is 11.5 Å². The first-order valence-corrected chi connectivity index (χ1v) is 12.0. The molecular formula is C28H35N3O3. The Hall–Kier alpha value is -3.25. The standard InChI is InChI=1S/C28H35N3O3/c1-21(2)31(19-23-8-6-5-7-22(23)3)20-26-13-14-27(34-26)28(32)30-17-15-29(16-18-30)24-9-11-25(33-4)12-10-24/h5-14,21H,15-20H2,1-4H3. The van der Waals surface area contributed by atoms with Crippen LogP contribution in [0.4, 0.5) is 5.69 Å². The zero-order valence-corrected chi connectivity index (χ0v) is 20.7. The molecule has 0 saturated carbocycles. The van der Waals surface area contributed by atoms with Gasteiger partial charge in [0, 0.05) is 44.5 Å². The van der Waals surface area contributed by atoms with E-state index in [0.717, 1.165) is 36.8 Å². The van der Waals surface area contributed by atoms with Crippen LogP contribution in [0.5, 0.6) is 5.75 Å². The quantitative estimate of drug-likeness (QED) is 0.474. The Labute approximate surface area is 202 Å². The van der Waals surface area contributed by atoms with E-state index in [0.29, 0.717) is 31.4 Å². The molecule has 2 heterocycles. The molecule has 3 aromatic rings. The summed E-state index contributed by atoms with van der Waals surface area (Å²) in [6, 6.07) is 20.6. The fraction of sp³-hybridized carbons (Fsp3) is 0.393. The number of nitrogens with zero attached hydrogens (tertiary/aromatic N) is 3. The second kappa shape index (κ2) is 10.8. The molecule has 0 N–H and O–H groups in total. The van der Waals surface area contributed by atoms with Crippen LogP contribution in [0.2, 0.25) is 0 Å². The van der Waals surface area contributed by atoms with Crippen molar-refractivity contribution in [3.05, 3.63) is 83.3 Å². The van der Waals surface area contributed by atoms with Crippen molar-refractivity contribution in [1.29, 1.82) is 0 Å². The molecule has 1 aliphatic rings. The minimum atomic E-state index is -0.0318. The first-order chi connectivity index (χ1) is 16.4. The fourth-order valence-electron chi connectivity index (χ4n) is 4.32. The molecule has 0 spiro atoms. The number of hydrogen-bond donors (Lipinski definition) is 0. The monoisotopic (exact) mass is 461 g/mol. The maximum atomic E-state index is 13.1. The summed E-state index contributed by atoms with van der Waals surface area (Å²) >= 11 is 0. The van der Waals surface area contributed by atoms with Crippen LogP contribution in [0, 0.1) is 6.92 Å². The number of benzene rings is 2. The third-order valence-electron chi connectivity index (χ3n) is 6.60. The summed E-state index contributed by atoms with van der Waals surface area (Å²) in [5, 5.41) is 0.